The molecular weight excluding hydrogens is 271 g/mol. The van der Waals surface area contributed by atoms with Gasteiger partial charge in [-0.1, -0.05) is 25.4 Å². The summed E-state index contributed by atoms with van der Waals surface area (Å²) >= 11 is 0. The van der Waals surface area contributed by atoms with Gasteiger partial charge in [-0.3, -0.25) is 0 Å². The molecule has 0 aromatic heterocycles. The lowest BCUT2D eigenvalue weighted by molar-refractivity contribution is 0.101. The summed E-state index contributed by atoms with van der Waals surface area (Å²) in [6.45, 7) is -1.06. The highest BCUT2D eigenvalue weighted by molar-refractivity contribution is 6.73. The van der Waals surface area contributed by atoms with Gasteiger partial charge in [0.05, 0.1) is 11.9 Å². The van der Waals surface area contributed by atoms with Crippen molar-refractivity contribution in [1.82, 2.24) is 0 Å². The van der Waals surface area contributed by atoms with Crippen molar-refractivity contribution in [3.05, 3.63) is 24.0 Å². The van der Waals surface area contributed by atoms with Gasteiger partial charge < -0.3 is 17.7 Å². The van der Waals surface area contributed by atoms with E-state index in [2.05, 4.69) is 13.8 Å². The fraction of sp³-hybridized carbons (Fsp3) is 0.571. The molecule has 2 atom stereocenters. The van der Waals surface area contributed by atoms with Crippen LogP contribution in [0.4, 0.5) is 17.3 Å². The molecule has 0 radical (unpaired) electrons. The van der Waals surface area contributed by atoms with Crippen LogP contribution in [0.15, 0.2) is 18.2 Å². The summed E-state index contributed by atoms with van der Waals surface area (Å²) in [5.41, 5.74) is -1.19. The fourth-order valence-corrected chi connectivity index (χ4v) is 3.01. The maximum atomic E-state index is 13.5. The van der Waals surface area contributed by atoms with E-state index in [0.29, 0.717) is 11.8 Å². The van der Waals surface area contributed by atoms with Crippen molar-refractivity contribution < 1.29 is 22.1 Å². The summed E-state index contributed by atoms with van der Waals surface area (Å²) in [6.07, 6.45) is 2.80. The van der Waals surface area contributed by atoms with E-state index in [-0.39, 0.29) is 11.9 Å². The molecule has 1 saturated carbocycles. The highest BCUT2D eigenvalue weighted by Gasteiger charge is 2.30. The zero-order valence-corrected chi connectivity index (χ0v) is 11.6. The molecule has 1 fully saturated rings. The maximum absolute atomic E-state index is 13.5. The molecule has 0 N–H and O–H groups in total. The SMILES string of the molecule is CC1CC(C)CC(Oc2ccc([B-](F)(F)F)c(F)c2)C1. The highest BCUT2D eigenvalue weighted by atomic mass is 19.4. The van der Waals surface area contributed by atoms with E-state index in [1.807, 2.05) is 0 Å². The summed E-state index contributed by atoms with van der Waals surface area (Å²) in [4.78, 5) is 0. The van der Waals surface area contributed by atoms with Crippen LogP contribution in [0.2, 0.25) is 0 Å². The third-order valence-electron chi connectivity index (χ3n) is 3.76. The molecular formula is C14H18BF4O-. The average molecular weight is 289 g/mol. The van der Waals surface area contributed by atoms with Gasteiger partial charge in [0.1, 0.15) is 5.75 Å². The number of halogens is 4. The summed E-state index contributed by atoms with van der Waals surface area (Å²) < 4.78 is 56.7. The molecule has 1 aliphatic carbocycles. The third kappa shape index (κ3) is 3.67. The first-order valence-corrected chi connectivity index (χ1v) is 6.91. The van der Waals surface area contributed by atoms with Crippen LogP contribution in [-0.4, -0.2) is 13.1 Å². The molecule has 0 saturated heterocycles. The van der Waals surface area contributed by atoms with Crippen LogP contribution in [0.25, 0.3) is 0 Å². The van der Waals surface area contributed by atoms with Crippen molar-refractivity contribution in [3.63, 3.8) is 0 Å². The Bertz CT molecular complexity index is 465. The largest absolute Gasteiger partial charge is 0.512 e. The van der Waals surface area contributed by atoms with E-state index in [0.717, 1.165) is 31.4 Å². The third-order valence-corrected chi connectivity index (χ3v) is 3.76. The standard InChI is InChI=1S/C14H18BF4O/c1-9-5-10(2)7-12(6-9)20-11-3-4-13(14(16)8-11)15(17,18)19/h3-4,8-10,12H,5-7H2,1-2H3/q-1. The van der Waals surface area contributed by atoms with Crippen molar-refractivity contribution in [2.75, 3.05) is 0 Å². The van der Waals surface area contributed by atoms with Crippen molar-refractivity contribution in [1.29, 1.82) is 0 Å². The van der Waals surface area contributed by atoms with Gasteiger partial charge >= 0.3 is 6.98 Å². The molecule has 1 aliphatic rings. The van der Waals surface area contributed by atoms with Gasteiger partial charge in [-0.2, -0.15) is 0 Å². The van der Waals surface area contributed by atoms with Crippen LogP contribution < -0.4 is 10.2 Å². The first-order valence-electron chi connectivity index (χ1n) is 6.91. The van der Waals surface area contributed by atoms with E-state index in [1.54, 1.807) is 0 Å². The predicted octanol–water partition coefficient (Wildman–Crippen LogP) is 4.08. The normalized spacial score (nSPS) is 27.4. The topological polar surface area (TPSA) is 9.23 Å². The van der Waals surface area contributed by atoms with Gasteiger partial charge in [0.25, 0.3) is 0 Å². The van der Waals surface area contributed by atoms with Crippen molar-refractivity contribution in [3.8, 4) is 5.75 Å². The molecule has 0 spiro atoms. The minimum atomic E-state index is -5.32. The summed E-state index contributed by atoms with van der Waals surface area (Å²) in [5.74, 6) is -0.0396. The first-order chi connectivity index (χ1) is 9.25. The lowest BCUT2D eigenvalue weighted by atomic mass is 9.79. The minimum Gasteiger partial charge on any atom is -0.490 e. The number of ether oxygens (including phenoxy) is 1. The quantitative estimate of drug-likeness (QED) is 0.601. The second-order valence-corrected chi connectivity index (χ2v) is 5.92. The first kappa shape index (κ1) is 15.2. The number of hydrogen-bond acceptors (Lipinski definition) is 1. The molecule has 112 valence electrons. The molecule has 2 rings (SSSR count). The van der Waals surface area contributed by atoms with Gasteiger partial charge in [-0.05, 0) is 37.2 Å². The van der Waals surface area contributed by atoms with Crippen molar-refractivity contribution in [2.24, 2.45) is 11.8 Å². The Morgan fingerprint density at radius 2 is 1.65 bits per heavy atom. The molecule has 1 aromatic rings. The highest BCUT2D eigenvalue weighted by Crippen LogP contribution is 2.31. The van der Waals surface area contributed by atoms with Gasteiger partial charge in [0.15, 0.2) is 0 Å². The van der Waals surface area contributed by atoms with E-state index < -0.39 is 18.3 Å². The maximum Gasteiger partial charge on any atom is 0.512 e. The monoisotopic (exact) mass is 289 g/mol. The Morgan fingerprint density at radius 1 is 1.05 bits per heavy atom. The zero-order valence-electron chi connectivity index (χ0n) is 11.6. The zero-order chi connectivity index (χ0) is 14.9. The smallest absolute Gasteiger partial charge is 0.490 e. The molecule has 0 heterocycles. The molecule has 0 bridgehead atoms. The number of hydrogen-bond donors (Lipinski definition) is 0. The van der Waals surface area contributed by atoms with E-state index in [4.69, 9.17) is 4.74 Å². The predicted molar refractivity (Wildman–Crippen MR) is 71.7 cm³/mol. The molecule has 1 aromatic carbocycles. The Hall–Kier alpha value is -1.20. The fourth-order valence-electron chi connectivity index (χ4n) is 3.01. The summed E-state index contributed by atoms with van der Waals surface area (Å²) in [5, 5.41) is 0. The lowest BCUT2D eigenvalue weighted by Crippen LogP contribution is -2.36. The molecule has 0 amide bonds. The molecule has 0 aliphatic heterocycles. The number of benzene rings is 1. The van der Waals surface area contributed by atoms with Gasteiger partial charge in [0.2, 0.25) is 0 Å². The van der Waals surface area contributed by atoms with Crippen LogP contribution in [0.3, 0.4) is 0 Å². The number of rotatable bonds is 3. The van der Waals surface area contributed by atoms with E-state index in [9.17, 15) is 17.3 Å². The van der Waals surface area contributed by atoms with Crippen molar-refractivity contribution >= 4 is 12.4 Å². The van der Waals surface area contributed by atoms with Crippen molar-refractivity contribution in [2.45, 2.75) is 39.2 Å². The van der Waals surface area contributed by atoms with E-state index >= 15 is 0 Å². The Labute approximate surface area is 116 Å². The molecule has 6 heteroatoms. The average Bonchev–Trinajstić information content (AvgIpc) is 2.25. The van der Waals surface area contributed by atoms with E-state index in [1.165, 1.54) is 6.07 Å². The van der Waals surface area contributed by atoms with Crippen LogP contribution in [0, 0.1) is 17.7 Å². The Balaban J connectivity index is 2.09. The van der Waals surface area contributed by atoms with Gasteiger partial charge in [0, 0.05) is 6.07 Å². The second-order valence-electron chi connectivity index (χ2n) is 5.92. The van der Waals surface area contributed by atoms with Gasteiger partial charge in [-0.15, -0.1) is 0 Å². The van der Waals surface area contributed by atoms with Crippen LogP contribution in [-0.2, 0) is 0 Å². The Kier molecular flexibility index (Phi) is 4.30. The second kappa shape index (κ2) is 5.66. The summed E-state index contributed by atoms with van der Waals surface area (Å²) in [6, 6.07) is 2.81. The molecule has 20 heavy (non-hydrogen) atoms. The lowest BCUT2D eigenvalue weighted by Gasteiger charge is -2.31. The Morgan fingerprint density at radius 3 is 2.15 bits per heavy atom. The molecule has 2 unspecified atom stereocenters. The van der Waals surface area contributed by atoms with Crippen LogP contribution in [0.1, 0.15) is 33.1 Å². The molecule has 1 nitrogen and oxygen atoms in total. The van der Waals surface area contributed by atoms with Gasteiger partial charge in [-0.25, -0.2) is 4.39 Å². The summed E-state index contributed by atoms with van der Waals surface area (Å²) in [7, 11) is 0. The van der Waals surface area contributed by atoms with Crippen LogP contribution >= 0.6 is 0 Å². The minimum absolute atomic E-state index is 0.0459. The van der Waals surface area contributed by atoms with Crippen LogP contribution in [0.5, 0.6) is 5.75 Å².